The summed E-state index contributed by atoms with van der Waals surface area (Å²) in [5, 5.41) is 2.21. The van der Waals surface area contributed by atoms with E-state index in [1.165, 1.54) is 11.8 Å². The van der Waals surface area contributed by atoms with Crippen LogP contribution in [0.1, 0.15) is 50.2 Å². The normalized spacial score (nSPS) is 19.3. The van der Waals surface area contributed by atoms with E-state index in [4.69, 9.17) is 11.6 Å². The summed E-state index contributed by atoms with van der Waals surface area (Å²) in [5.74, 6) is -0.681. The minimum Gasteiger partial charge on any atom is -0.342 e. The number of halogens is 1. The first-order valence-electron chi connectivity index (χ1n) is 10.8. The van der Waals surface area contributed by atoms with E-state index in [-0.39, 0.29) is 17.6 Å². The molecule has 2 aromatic rings. The molecule has 2 aromatic carbocycles. The van der Waals surface area contributed by atoms with E-state index >= 15 is 0 Å². The average Bonchev–Trinajstić information content (AvgIpc) is 2.74. The van der Waals surface area contributed by atoms with Gasteiger partial charge in [-0.3, -0.25) is 9.59 Å². The van der Waals surface area contributed by atoms with Crippen molar-refractivity contribution in [2.24, 2.45) is 0 Å². The third kappa shape index (κ3) is 5.70. The minimum absolute atomic E-state index is 0.179. The molecule has 3 unspecified atom stereocenters. The zero-order valence-corrected chi connectivity index (χ0v) is 19.9. The Morgan fingerprint density at radius 3 is 2.41 bits per heavy atom. The molecule has 3 atom stereocenters. The van der Waals surface area contributed by atoms with Gasteiger partial charge in [0.2, 0.25) is 11.8 Å². The summed E-state index contributed by atoms with van der Waals surface area (Å²) >= 11 is 6.27. The molecular formula is C24H29ClN2O4S. The molecular weight excluding hydrogens is 448 g/mol. The van der Waals surface area contributed by atoms with Crippen LogP contribution in [0.25, 0.3) is 0 Å². The Morgan fingerprint density at radius 1 is 1.09 bits per heavy atom. The molecule has 1 N–H and O–H groups in total. The van der Waals surface area contributed by atoms with Crippen LogP contribution in [-0.2, 0) is 25.2 Å². The monoisotopic (exact) mass is 476 g/mol. The van der Waals surface area contributed by atoms with Crippen molar-refractivity contribution in [1.29, 1.82) is 0 Å². The van der Waals surface area contributed by atoms with Crippen molar-refractivity contribution in [2.45, 2.75) is 56.2 Å². The second kappa shape index (κ2) is 10.5. The van der Waals surface area contributed by atoms with Crippen molar-refractivity contribution < 1.29 is 18.0 Å². The Balaban J connectivity index is 1.63. The Morgan fingerprint density at radius 2 is 1.75 bits per heavy atom. The SMILES string of the molecule is CC(=O)NC1C(=O)N(CCCCC(C)c2ccccc2Cl)C1S(=O)(=O)Cc1ccccc1. The molecule has 3 rings (SSSR count). The number of carbonyl (C=O) groups is 2. The van der Waals surface area contributed by atoms with Crippen LogP contribution in [0.15, 0.2) is 54.6 Å². The number of hydrogen-bond donors (Lipinski definition) is 1. The lowest BCUT2D eigenvalue weighted by Gasteiger charge is -2.46. The topological polar surface area (TPSA) is 83.6 Å². The predicted molar refractivity (Wildman–Crippen MR) is 126 cm³/mol. The molecule has 6 nitrogen and oxygen atoms in total. The van der Waals surface area contributed by atoms with Crippen molar-refractivity contribution in [2.75, 3.05) is 6.54 Å². The fraction of sp³-hybridized carbons (Fsp3) is 0.417. The number of hydrogen-bond acceptors (Lipinski definition) is 4. The molecule has 1 heterocycles. The molecule has 0 saturated carbocycles. The van der Waals surface area contributed by atoms with E-state index in [0.717, 1.165) is 23.4 Å². The third-order valence-corrected chi connectivity index (χ3v) is 8.14. The van der Waals surface area contributed by atoms with Gasteiger partial charge in [-0.15, -0.1) is 0 Å². The van der Waals surface area contributed by atoms with Gasteiger partial charge in [0.25, 0.3) is 0 Å². The van der Waals surface area contributed by atoms with E-state index in [1.54, 1.807) is 24.3 Å². The van der Waals surface area contributed by atoms with Crippen molar-refractivity contribution in [3.05, 3.63) is 70.7 Å². The van der Waals surface area contributed by atoms with E-state index in [1.807, 2.05) is 30.3 Å². The summed E-state index contributed by atoms with van der Waals surface area (Å²) in [4.78, 5) is 25.6. The van der Waals surface area contributed by atoms with Gasteiger partial charge in [-0.2, -0.15) is 0 Å². The highest BCUT2D eigenvalue weighted by Gasteiger charge is 2.54. The largest absolute Gasteiger partial charge is 0.342 e. The number of rotatable bonds is 10. The van der Waals surface area contributed by atoms with E-state index in [0.29, 0.717) is 18.5 Å². The molecule has 1 aliphatic heterocycles. The maximum Gasteiger partial charge on any atom is 0.249 e. The highest BCUT2D eigenvalue weighted by atomic mass is 35.5. The summed E-state index contributed by atoms with van der Waals surface area (Å²) in [6.07, 6.45) is 2.37. The van der Waals surface area contributed by atoms with Gasteiger partial charge >= 0.3 is 0 Å². The minimum atomic E-state index is -3.68. The van der Waals surface area contributed by atoms with Crippen LogP contribution < -0.4 is 5.32 Å². The Bertz CT molecular complexity index is 1060. The van der Waals surface area contributed by atoms with E-state index in [2.05, 4.69) is 12.2 Å². The van der Waals surface area contributed by atoms with Gasteiger partial charge in [-0.25, -0.2) is 8.42 Å². The first-order chi connectivity index (χ1) is 15.2. The van der Waals surface area contributed by atoms with Crippen LogP contribution in [0.4, 0.5) is 0 Å². The van der Waals surface area contributed by atoms with Crippen molar-refractivity contribution >= 4 is 33.3 Å². The van der Waals surface area contributed by atoms with Gasteiger partial charge in [-0.1, -0.05) is 73.5 Å². The molecule has 2 amide bonds. The number of β-lactam (4-membered cyclic amide) rings is 1. The molecule has 1 saturated heterocycles. The maximum absolute atomic E-state index is 13.1. The van der Waals surface area contributed by atoms with Gasteiger partial charge in [0.05, 0.1) is 5.75 Å². The van der Waals surface area contributed by atoms with Crippen LogP contribution >= 0.6 is 11.6 Å². The Labute approximate surface area is 194 Å². The van der Waals surface area contributed by atoms with Gasteiger partial charge in [0.15, 0.2) is 15.2 Å². The summed E-state index contributed by atoms with van der Waals surface area (Å²) in [7, 11) is -3.68. The number of likely N-dealkylation sites (tertiary alicyclic amines) is 1. The molecule has 0 aliphatic carbocycles. The molecule has 32 heavy (non-hydrogen) atoms. The lowest BCUT2D eigenvalue weighted by molar-refractivity contribution is -0.148. The number of amides is 2. The predicted octanol–water partition coefficient (Wildman–Crippen LogP) is 3.90. The zero-order valence-electron chi connectivity index (χ0n) is 18.3. The number of carbonyl (C=O) groups excluding carboxylic acids is 2. The van der Waals surface area contributed by atoms with Crippen LogP contribution in [0.3, 0.4) is 0 Å². The molecule has 0 bridgehead atoms. The van der Waals surface area contributed by atoms with Crippen molar-refractivity contribution in [3.63, 3.8) is 0 Å². The fourth-order valence-electron chi connectivity index (χ4n) is 4.17. The second-order valence-corrected chi connectivity index (χ2v) is 10.8. The fourth-order valence-corrected chi connectivity index (χ4v) is 6.52. The first-order valence-corrected chi connectivity index (χ1v) is 12.9. The van der Waals surface area contributed by atoms with Gasteiger partial charge < -0.3 is 10.2 Å². The number of benzene rings is 2. The highest BCUT2D eigenvalue weighted by Crippen LogP contribution is 2.30. The summed E-state index contributed by atoms with van der Waals surface area (Å²) in [6, 6.07) is 15.6. The Kier molecular flexibility index (Phi) is 7.96. The lowest BCUT2D eigenvalue weighted by atomic mass is 9.95. The standard InChI is InChI=1S/C24H29ClN2O4S/c1-17(20-13-6-7-14-21(20)25)10-8-9-15-27-23(29)22(26-18(2)28)24(27)32(30,31)16-19-11-4-3-5-12-19/h3-7,11-14,17,22,24H,8-10,15-16H2,1-2H3,(H,26,28). The van der Waals surface area contributed by atoms with Crippen LogP contribution in [0.2, 0.25) is 5.02 Å². The molecule has 0 aromatic heterocycles. The molecule has 172 valence electrons. The molecule has 1 fully saturated rings. The number of nitrogens with one attached hydrogen (secondary N) is 1. The third-order valence-electron chi connectivity index (χ3n) is 5.80. The van der Waals surface area contributed by atoms with Crippen LogP contribution in [0.5, 0.6) is 0 Å². The molecule has 8 heteroatoms. The van der Waals surface area contributed by atoms with E-state index < -0.39 is 27.2 Å². The molecule has 0 radical (unpaired) electrons. The van der Waals surface area contributed by atoms with Crippen LogP contribution in [-0.4, -0.2) is 43.1 Å². The Hall–Kier alpha value is -2.38. The summed E-state index contributed by atoms with van der Waals surface area (Å²) in [6.45, 7) is 3.73. The van der Waals surface area contributed by atoms with Gasteiger partial charge in [-0.05, 0) is 36.0 Å². The van der Waals surface area contributed by atoms with Gasteiger partial charge in [0.1, 0.15) is 6.04 Å². The number of nitrogens with zero attached hydrogens (tertiary/aromatic N) is 1. The smallest absolute Gasteiger partial charge is 0.249 e. The quantitative estimate of drug-likeness (QED) is 0.416. The highest BCUT2D eigenvalue weighted by molar-refractivity contribution is 7.91. The zero-order chi connectivity index (χ0) is 23.3. The maximum atomic E-state index is 13.1. The van der Waals surface area contributed by atoms with E-state index in [9.17, 15) is 18.0 Å². The number of sulfone groups is 1. The molecule has 1 aliphatic rings. The van der Waals surface area contributed by atoms with Crippen molar-refractivity contribution in [3.8, 4) is 0 Å². The first kappa shape index (κ1) is 24.3. The average molecular weight is 477 g/mol. The lowest BCUT2D eigenvalue weighted by Crippen LogP contribution is -2.73. The summed E-state index contributed by atoms with van der Waals surface area (Å²) in [5.41, 5.74) is 1.74. The molecule has 0 spiro atoms. The second-order valence-electron chi connectivity index (χ2n) is 8.31. The number of unbranched alkanes of at least 4 members (excludes halogenated alkanes) is 1. The van der Waals surface area contributed by atoms with Gasteiger partial charge in [0, 0.05) is 18.5 Å². The summed E-state index contributed by atoms with van der Waals surface area (Å²) < 4.78 is 26.3. The van der Waals surface area contributed by atoms with Crippen molar-refractivity contribution in [1.82, 2.24) is 10.2 Å². The van der Waals surface area contributed by atoms with Crippen LogP contribution in [0, 0.1) is 0 Å².